The van der Waals surface area contributed by atoms with Gasteiger partial charge in [-0.25, -0.2) is 13.6 Å². The summed E-state index contributed by atoms with van der Waals surface area (Å²) >= 11 is 0. The first-order valence-corrected chi connectivity index (χ1v) is 25.9. The fourth-order valence-electron chi connectivity index (χ4n) is 12.2. The second-order valence-corrected chi connectivity index (χ2v) is 20.5. The highest BCUT2D eigenvalue weighted by molar-refractivity contribution is 6.09. The molecule has 4 atom stereocenters. The summed E-state index contributed by atoms with van der Waals surface area (Å²) in [6.45, 7) is 9.71. The first-order chi connectivity index (χ1) is 35.3. The van der Waals surface area contributed by atoms with Crippen molar-refractivity contribution in [3.63, 3.8) is 0 Å². The number of halogens is 2. The van der Waals surface area contributed by atoms with Crippen molar-refractivity contribution in [2.45, 2.75) is 76.5 Å². The van der Waals surface area contributed by atoms with Gasteiger partial charge in [0, 0.05) is 80.2 Å². The number of likely N-dealkylation sites (tertiary alicyclic amines) is 1. The molecule has 0 radical (unpaired) electrons. The van der Waals surface area contributed by atoms with Gasteiger partial charge < -0.3 is 35.4 Å². The highest BCUT2D eigenvalue weighted by Crippen LogP contribution is 2.56. The summed E-state index contributed by atoms with van der Waals surface area (Å²) in [6, 6.07) is 27.3. The first-order valence-electron chi connectivity index (χ1n) is 25.9. The number of aryl methyl sites for hydroxylation is 1. The summed E-state index contributed by atoms with van der Waals surface area (Å²) in [5.41, 5.74) is 10.7. The van der Waals surface area contributed by atoms with Crippen molar-refractivity contribution in [3.05, 3.63) is 136 Å². The topological polar surface area (TPSA) is 168 Å². The van der Waals surface area contributed by atoms with E-state index in [0.717, 1.165) is 67.6 Å². The van der Waals surface area contributed by atoms with Crippen LogP contribution in [0.2, 0.25) is 0 Å². The number of allylic oxidation sites excluding steroid dienone is 2. The number of carbonyl (C=O) groups is 3. The van der Waals surface area contributed by atoms with Gasteiger partial charge in [-0.15, -0.1) is 0 Å². The number of nitrogens with one attached hydrogen (secondary N) is 2. The van der Waals surface area contributed by atoms with E-state index in [0.29, 0.717) is 42.9 Å². The number of aliphatic hydroxyl groups is 1. The third-order valence-corrected chi connectivity index (χ3v) is 16.3. The standard InChI is InChI=1S/C57H66F2N8O6/c1-35-45(58)32-48-51(50(35)52-44(54(60)70)15-16-47(53(52)59)72-30-29-68)36(2)57(73-48,41-7-5-4-6-8-41)34-61-33-38-9-12-42(13-10-38)66-26-18-37(19-27-66)17-23-65-24-20-39(21-25-65)40-11-14-43-46(31-40)64(3)63-55(43)67-28-22-49(69)62-56(67)71/h4-16,31-32,36-37,39,48,51,61,68H,17-30,33-34H2,1-3H3,(H2,60,70)(H,62,69,71). The summed E-state index contributed by atoms with van der Waals surface area (Å²) in [6.07, 6.45) is 6.70. The number of rotatable bonds is 16. The predicted molar refractivity (Wildman–Crippen MR) is 277 cm³/mol. The molecule has 5 N–H and O–H groups in total. The monoisotopic (exact) mass is 997 g/mol. The highest BCUT2D eigenvalue weighted by Gasteiger charge is 2.56. The van der Waals surface area contributed by atoms with Gasteiger partial charge in [0.1, 0.15) is 18.0 Å². The smallest absolute Gasteiger partial charge is 0.329 e. The Morgan fingerprint density at radius 3 is 2.44 bits per heavy atom. The molecule has 0 saturated carbocycles. The number of anilines is 2. The lowest BCUT2D eigenvalue weighted by Gasteiger charge is -2.36. The van der Waals surface area contributed by atoms with Crippen LogP contribution in [0.5, 0.6) is 5.75 Å². The Morgan fingerprint density at radius 1 is 0.973 bits per heavy atom. The van der Waals surface area contributed by atoms with E-state index in [1.165, 1.54) is 48.7 Å². The number of hydrogen-bond acceptors (Lipinski definition) is 10. The number of primary amides is 1. The molecule has 384 valence electrons. The lowest BCUT2D eigenvalue weighted by atomic mass is 9.69. The van der Waals surface area contributed by atoms with Crippen LogP contribution >= 0.6 is 0 Å². The number of piperidine rings is 2. The maximum absolute atomic E-state index is 16.5. The van der Waals surface area contributed by atoms with Crippen LogP contribution in [0, 0.1) is 23.6 Å². The molecule has 4 amide bonds. The van der Waals surface area contributed by atoms with Crippen molar-refractivity contribution >= 4 is 45.8 Å². The van der Waals surface area contributed by atoms with E-state index in [1.54, 1.807) is 11.8 Å². The molecule has 4 unspecified atom stereocenters. The lowest BCUT2D eigenvalue weighted by Crippen LogP contribution is -2.49. The van der Waals surface area contributed by atoms with E-state index in [1.807, 2.05) is 49.0 Å². The van der Waals surface area contributed by atoms with Gasteiger partial charge in [0.2, 0.25) is 11.8 Å². The van der Waals surface area contributed by atoms with Gasteiger partial charge in [-0.2, -0.15) is 5.10 Å². The maximum atomic E-state index is 16.5. The summed E-state index contributed by atoms with van der Waals surface area (Å²) in [5.74, 6) is -1.78. The third-order valence-electron chi connectivity index (χ3n) is 16.3. The number of amides is 4. The average molecular weight is 997 g/mol. The minimum atomic E-state index is -0.957. The number of carbonyl (C=O) groups excluding carboxylic acids is 3. The predicted octanol–water partition coefficient (Wildman–Crippen LogP) is 8.09. The number of ether oxygens (including phenoxy) is 2. The molecule has 5 aliphatic rings. The molecule has 4 aromatic carbocycles. The Balaban J connectivity index is 0.726. The molecule has 4 aliphatic heterocycles. The molecule has 16 heteroatoms. The summed E-state index contributed by atoms with van der Waals surface area (Å²) in [7, 11) is 1.91. The van der Waals surface area contributed by atoms with Crippen LogP contribution in [-0.2, 0) is 28.7 Å². The SMILES string of the molecule is CC1=C(c2c(C(N)=O)ccc(OCCO)c2F)C2C(C=C1F)OC(CNCc1ccc(N3CCC(CCN4CCC(c5ccc6c(N7CCC(=O)NC7=O)nn(C)c6c5)CC4)CC3)cc1)(c1ccccc1)C2C. The second-order valence-electron chi connectivity index (χ2n) is 20.5. The molecule has 5 heterocycles. The van der Waals surface area contributed by atoms with Crippen molar-refractivity contribution in [1.82, 2.24) is 25.3 Å². The van der Waals surface area contributed by atoms with Crippen LogP contribution in [-0.4, -0.2) is 103 Å². The van der Waals surface area contributed by atoms with Crippen LogP contribution < -0.4 is 30.9 Å². The van der Waals surface area contributed by atoms with Gasteiger partial charge in [0.05, 0.1) is 18.2 Å². The molecule has 0 spiro atoms. The average Bonchev–Trinajstić information content (AvgIpc) is 3.88. The Labute approximate surface area is 425 Å². The molecule has 0 bridgehead atoms. The van der Waals surface area contributed by atoms with E-state index in [-0.39, 0.29) is 53.9 Å². The largest absolute Gasteiger partial charge is 0.488 e. The normalized spacial score (nSPS) is 23.3. The lowest BCUT2D eigenvalue weighted by molar-refractivity contribution is -0.120. The van der Waals surface area contributed by atoms with E-state index in [9.17, 15) is 19.5 Å². The summed E-state index contributed by atoms with van der Waals surface area (Å²) in [4.78, 5) is 43.8. The number of hydrogen-bond donors (Lipinski definition) is 4. The zero-order valence-electron chi connectivity index (χ0n) is 41.9. The minimum absolute atomic E-state index is 0.0848. The van der Waals surface area contributed by atoms with Crippen molar-refractivity contribution in [3.8, 4) is 5.75 Å². The zero-order valence-corrected chi connectivity index (χ0v) is 41.9. The minimum Gasteiger partial charge on any atom is -0.488 e. The van der Waals surface area contributed by atoms with Gasteiger partial charge in [0.15, 0.2) is 17.4 Å². The van der Waals surface area contributed by atoms with Gasteiger partial charge in [0.25, 0.3) is 0 Å². The van der Waals surface area contributed by atoms with Crippen molar-refractivity contribution in [2.24, 2.45) is 30.5 Å². The Kier molecular flexibility index (Phi) is 14.5. The van der Waals surface area contributed by atoms with Crippen molar-refractivity contribution in [2.75, 3.05) is 68.8 Å². The summed E-state index contributed by atoms with van der Waals surface area (Å²) < 4.78 is 46.8. The second kappa shape index (κ2) is 21.2. The van der Waals surface area contributed by atoms with Crippen molar-refractivity contribution in [1.29, 1.82) is 0 Å². The molecule has 5 aromatic rings. The fraction of sp³-hybridized carbons (Fsp3) is 0.439. The number of aliphatic hydroxyl groups excluding tert-OH is 1. The number of urea groups is 1. The Bertz CT molecular complexity index is 2930. The fourth-order valence-corrected chi connectivity index (χ4v) is 12.2. The quantitative estimate of drug-likeness (QED) is 0.0759. The highest BCUT2D eigenvalue weighted by atomic mass is 19.1. The number of imide groups is 1. The van der Waals surface area contributed by atoms with Gasteiger partial charge in [-0.3, -0.25) is 24.5 Å². The maximum Gasteiger partial charge on any atom is 0.329 e. The van der Waals surface area contributed by atoms with Crippen LogP contribution in [0.3, 0.4) is 0 Å². The molecular formula is C57H66F2N8O6. The van der Waals surface area contributed by atoms with Crippen LogP contribution in [0.1, 0.15) is 90.9 Å². The molecule has 73 heavy (non-hydrogen) atoms. The van der Waals surface area contributed by atoms with Gasteiger partial charge in [-0.05, 0) is 141 Å². The van der Waals surface area contributed by atoms with E-state index in [2.05, 4.69) is 68.0 Å². The molecule has 1 aliphatic carbocycles. The molecule has 10 rings (SSSR count). The third kappa shape index (κ3) is 9.89. The molecule has 1 aromatic heterocycles. The van der Waals surface area contributed by atoms with Crippen molar-refractivity contribution < 1.29 is 37.7 Å². The zero-order chi connectivity index (χ0) is 51.0. The van der Waals surface area contributed by atoms with E-state index < -0.39 is 41.2 Å². The van der Waals surface area contributed by atoms with Gasteiger partial charge in [-0.1, -0.05) is 55.5 Å². The first kappa shape index (κ1) is 50.1. The van der Waals surface area contributed by atoms with E-state index in [4.69, 9.17) is 15.2 Å². The van der Waals surface area contributed by atoms with Crippen LogP contribution in [0.4, 0.5) is 25.1 Å². The molecular weight excluding hydrogens is 931 g/mol. The van der Waals surface area contributed by atoms with Crippen LogP contribution in [0.25, 0.3) is 16.5 Å². The number of nitrogens with zero attached hydrogens (tertiary/aromatic N) is 5. The van der Waals surface area contributed by atoms with Crippen LogP contribution in [0.15, 0.2) is 102 Å². The summed E-state index contributed by atoms with van der Waals surface area (Å²) in [5, 5.41) is 21.0. The molecule has 14 nitrogen and oxygen atoms in total. The Hall–Kier alpha value is -6.46. The molecule has 4 saturated heterocycles. The van der Waals surface area contributed by atoms with E-state index >= 15 is 8.78 Å². The van der Waals surface area contributed by atoms with Gasteiger partial charge >= 0.3 is 6.03 Å². The number of aromatic nitrogens is 2. The number of benzene rings is 4. The molecule has 4 fully saturated rings. The number of nitrogens with two attached hydrogens (primary N) is 1. The number of fused-ring (bicyclic) bond motifs is 2. The Morgan fingerprint density at radius 2 is 1.73 bits per heavy atom.